The van der Waals surface area contributed by atoms with Gasteiger partial charge in [-0.05, 0) is 29.8 Å². The molecule has 0 aliphatic heterocycles. The zero-order valence-electron chi connectivity index (χ0n) is 9.28. The molecular formula is C14H14O3. The molecule has 17 heavy (non-hydrogen) atoms. The molecule has 0 bridgehead atoms. The van der Waals surface area contributed by atoms with E-state index in [0.717, 1.165) is 5.75 Å². The van der Waals surface area contributed by atoms with E-state index in [1.807, 2.05) is 30.3 Å². The van der Waals surface area contributed by atoms with Crippen LogP contribution in [0.2, 0.25) is 0 Å². The molecule has 0 amide bonds. The van der Waals surface area contributed by atoms with Crippen molar-refractivity contribution in [3.63, 3.8) is 0 Å². The van der Waals surface area contributed by atoms with Crippen LogP contribution in [0, 0.1) is 0 Å². The second-order valence-electron chi connectivity index (χ2n) is 3.68. The standard InChI is InChI=1S/C14H14O3/c15-10-14(16)11-6-8-13(9-7-11)17-12-4-2-1-3-5-12/h1-9,14-16H,10H2. The average Bonchev–Trinajstić information content (AvgIpc) is 2.40. The van der Waals surface area contributed by atoms with Gasteiger partial charge in [0.25, 0.3) is 0 Å². The molecule has 0 aliphatic carbocycles. The van der Waals surface area contributed by atoms with Crippen molar-refractivity contribution in [2.24, 2.45) is 0 Å². The Morgan fingerprint density at radius 2 is 1.47 bits per heavy atom. The van der Waals surface area contributed by atoms with E-state index in [1.54, 1.807) is 24.3 Å². The lowest BCUT2D eigenvalue weighted by atomic mass is 10.1. The Bertz CT molecular complexity index is 451. The van der Waals surface area contributed by atoms with E-state index in [-0.39, 0.29) is 6.61 Å². The van der Waals surface area contributed by atoms with Gasteiger partial charge in [0.05, 0.1) is 6.61 Å². The molecule has 3 heteroatoms. The first kappa shape index (κ1) is 11.6. The maximum Gasteiger partial charge on any atom is 0.127 e. The van der Waals surface area contributed by atoms with E-state index in [0.29, 0.717) is 11.3 Å². The van der Waals surface area contributed by atoms with Crippen molar-refractivity contribution in [2.45, 2.75) is 6.10 Å². The van der Waals surface area contributed by atoms with Gasteiger partial charge in [0.15, 0.2) is 0 Å². The van der Waals surface area contributed by atoms with Gasteiger partial charge < -0.3 is 14.9 Å². The highest BCUT2D eigenvalue weighted by atomic mass is 16.5. The summed E-state index contributed by atoms with van der Waals surface area (Å²) in [4.78, 5) is 0. The van der Waals surface area contributed by atoms with Crippen LogP contribution in [0.3, 0.4) is 0 Å². The lowest BCUT2D eigenvalue weighted by molar-refractivity contribution is 0.0956. The Balaban J connectivity index is 2.08. The van der Waals surface area contributed by atoms with E-state index >= 15 is 0 Å². The van der Waals surface area contributed by atoms with Crippen LogP contribution in [0.1, 0.15) is 11.7 Å². The van der Waals surface area contributed by atoms with Crippen molar-refractivity contribution < 1.29 is 14.9 Å². The van der Waals surface area contributed by atoms with Crippen LogP contribution in [0.4, 0.5) is 0 Å². The number of aliphatic hydroxyl groups is 2. The fraction of sp³-hybridized carbons (Fsp3) is 0.143. The van der Waals surface area contributed by atoms with E-state index in [2.05, 4.69) is 0 Å². The Hall–Kier alpha value is -1.84. The summed E-state index contributed by atoms with van der Waals surface area (Å²) in [5.41, 5.74) is 0.674. The van der Waals surface area contributed by atoms with Gasteiger partial charge in [-0.25, -0.2) is 0 Å². The Labute approximate surface area is 99.9 Å². The highest BCUT2D eigenvalue weighted by Crippen LogP contribution is 2.22. The molecule has 0 fully saturated rings. The fourth-order valence-corrected chi connectivity index (χ4v) is 1.49. The van der Waals surface area contributed by atoms with Crippen molar-refractivity contribution in [2.75, 3.05) is 6.61 Å². The smallest absolute Gasteiger partial charge is 0.127 e. The van der Waals surface area contributed by atoms with Gasteiger partial charge in [-0.1, -0.05) is 30.3 Å². The highest BCUT2D eigenvalue weighted by Gasteiger charge is 2.05. The van der Waals surface area contributed by atoms with Gasteiger partial charge in [-0.2, -0.15) is 0 Å². The molecule has 0 saturated heterocycles. The van der Waals surface area contributed by atoms with Crippen LogP contribution in [0.15, 0.2) is 54.6 Å². The molecule has 88 valence electrons. The monoisotopic (exact) mass is 230 g/mol. The molecule has 0 heterocycles. The van der Waals surface area contributed by atoms with Crippen LogP contribution < -0.4 is 4.74 Å². The molecule has 2 rings (SSSR count). The maximum atomic E-state index is 9.42. The first-order valence-corrected chi connectivity index (χ1v) is 5.41. The Morgan fingerprint density at radius 1 is 0.882 bits per heavy atom. The second kappa shape index (κ2) is 5.48. The van der Waals surface area contributed by atoms with Crippen molar-refractivity contribution in [3.05, 3.63) is 60.2 Å². The molecule has 3 nitrogen and oxygen atoms in total. The summed E-state index contributed by atoms with van der Waals surface area (Å²) in [6, 6.07) is 16.5. The molecule has 0 spiro atoms. The summed E-state index contributed by atoms with van der Waals surface area (Å²) in [6.45, 7) is -0.279. The third-order valence-corrected chi connectivity index (χ3v) is 2.42. The van der Waals surface area contributed by atoms with Crippen molar-refractivity contribution in [1.29, 1.82) is 0 Å². The minimum absolute atomic E-state index is 0.279. The van der Waals surface area contributed by atoms with Crippen LogP contribution in [-0.2, 0) is 0 Å². The molecule has 0 radical (unpaired) electrons. The minimum Gasteiger partial charge on any atom is -0.457 e. The van der Waals surface area contributed by atoms with Gasteiger partial charge in [-0.15, -0.1) is 0 Å². The Morgan fingerprint density at radius 3 is 2.06 bits per heavy atom. The molecule has 1 unspecified atom stereocenters. The first-order chi connectivity index (χ1) is 8.29. The van der Waals surface area contributed by atoms with Crippen molar-refractivity contribution in [3.8, 4) is 11.5 Å². The lowest BCUT2D eigenvalue weighted by Gasteiger charge is -2.09. The number of ether oxygens (including phenoxy) is 1. The van der Waals surface area contributed by atoms with E-state index in [4.69, 9.17) is 9.84 Å². The van der Waals surface area contributed by atoms with Gasteiger partial charge in [0.1, 0.15) is 17.6 Å². The second-order valence-corrected chi connectivity index (χ2v) is 3.68. The lowest BCUT2D eigenvalue weighted by Crippen LogP contribution is -2.01. The van der Waals surface area contributed by atoms with E-state index in [1.165, 1.54) is 0 Å². The summed E-state index contributed by atoms with van der Waals surface area (Å²) < 4.78 is 5.60. The summed E-state index contributed by atoms with van der Waals surface area (Å²) in [7, 11) is 0. The van der Waals surface area contributed by atoms with Gasteiger partial charge >= 0.3 is 0 Å². The van der Waals surface area contributed by atoms with Gasteiger partial charge in [-0.3, -0.25) is 0 Å². The summed E-state index contributed by atoms with van der Waals surface area (Å²) in [6.07, 6.45) is -0.833. The SMILES string of the molecule is OCC(O)c1ccc(Oc2ccccc2)cc1. The van der Waals surface area contributed by atoms with Crippen LogP contribution in [-0.4, -0.2) is 16.8 Å². The van der Waals surface area contributed by atoms with Gasteiger partial charge in [0.2, 0.25) is 0 Å². The van der Waals surface area contributed by atoms with Gasteiger partial charge in [0, 0.05) is 0 Å². The number of benzene rings is 2. The van der Waals surface area contributed by atoms with Crippen LogP contribution in [0.5, 0.6) is 11.5 Å². The first-order valence-electron chi connectivity index (χ1n) is 5.41. The third-order valence-electron chi connectivity index (χ3n) is 2.42. The summed E-state index contributed by atoms with van der Waals surface area (Å²) in [5.74, 6) is 1.47. The fourth-order valence-electron chi connectivity index (χ4n) is 1.49. The largest absolute Gasteiger partial charge is 0.457 e. The number of rotatable bonds is 4. The molecular weight excluding hydrogens is 216 g/mol. The maximum absolute atomic E-state index is 9.42. The average molecular weight is 230 g/mol. The third kappa shape index (κ3) is 3.06. The molecule has 1 atom stereocenters. The number of hydrogen-bond acceptors (Lipinski definition) is 3. The molecule has 2 N–H and O–H groups in total. The number of aliphatic hydroxyl groups excluding tert-OH is 2. The quantitative estimate of drug-likeness (QED) is 0.848. The minimum atomic E-state index is -0.833. The molecule has 2 aromatic carbocycles. The van der Waals surface area contributed by atoms with Crippen molar-refractivity contribution >= 4 is 0 Å². The number of para-hydroxylation sites is 1. The summed E-state index contributed by atoms with van der Waals surface area (Å²) >= 11 is 0. The predicted molar refractivity (Wildman–Crippen MR) is 65.0 cm³/mol. The summed E-state index contributed by atoms with van der Waals surface area (Å²) in [5, 5.41) is 18.2. The van der Waals surface area contributed by atoms with Crippen molar-refractivity contribution in [1.82, 2.24) is 0 Å². The molecule has 0 saturated carbocycles. The predicted octanol–water partition coefficient (Wildman–Crippen LogP) is 2.50. The molecule has 0 aliphatic rings. The number of hydrogen-bond donors (Lipinski definition) is 2. The zero-order chi connectivity index (χ0) is 12.1. The van der Waals surface area contributed by atoms with Crippen LogP contribution >= 0.6 is 0 Å². The zero-order valence-corrected chi connectivity index (χ0v) is 9.28. The highest BCUT2D eigenvalue weighted by molar-refractivity contribution is 5.33. The van der Waals surface area contributed by atoms with E-state index < -0.39 is 6.10 Å². The molecule has 2 aromatic rings. The topological polar surface area (TPSA) is 49.7 Å². The Kier molecular flexibility index (Phi) is 3.75. The normalized spacial score (nSPS) is 12.1. The van der Waals surface area contributed by atoms with Crippen LogP contribution in [0.25, 0.3) is 0 Å². The molecule has 0 aromatic heterocycles. The van der Waals surface area contributed by atoms with E-state index in [9.17, 15) is 5.11 Å².